The number of H-pyrrole nitrogens is 1. The van der Waals surface area contributed by atoms with Crippen LogP contribution >= 0.6 is 0 Å². The first-order chi connectivity index (χ1) is 13.0. The highest BCUT2D eigenvalue weighted by atomic mass is 16.4. The van der Waals surface area contributed by atoms with Crippen molar-refractivity contribution >= 4 is 22.8 Å². The predicted octanol–water partition coefficient (Wildman–Crippen LogP) is 3.47. The van der Waals surface area contributed by atoms with E-state index in [9.17, 15) is 14.7 Å². The second-order valence-electron chi connectivity index (χ2n) is 6.89. The Balaban J connectivity index is 1.52. The molecule has 1 unspecified atom stereocenters. The van der Waals surface area contributed by atoms with Crippen molar-refractivity contribution in [2.45, 2.75) is 26.2 Å². The molecule has 1 amide bonds. The number of carboxylic acid groups (broad SMARTS) is 1. The van der Waals surface area contributed by atoms with E-state index < -0.39 is 11.9 Å². The molecule has 0 aliphatic carbocycles. The Morgan fingerprint density at radius 2 is 1.96 bits per heavy atom. The molecule has 140 valence electrons. The second-order valence-corrected chi connectivity index (χ2v) is 6.89. The molecular formula is C22H24N2O3. The Kier molecular flexibility index (Phi) is 5.91. The number of para-hydroxylation sites is 1. The van der Waals surface area contributed by atoms with Crippen molar-refractivity contribution < 1.29 is 14.7 Å². The van der Waals surface area contributed by atoms with E-state index in [1.807, 2.05) is 61.7 Å². The average molecular weight is 364 g/mol. The fourth-order valence-electron chi connectivity index (χ4n) is 3.28. The molecule has 3 aromatic rings. The third-order valence-corrected chi connectivity index (χ3v) is 4.76. The third kappa shape index (κ3) is 4.97. The SMILES string of the molecule is Cc1cccc(CC(CNC(=O)CCc2c[nH]c3ccccc23)C(=O)O)c1. The summed E-state index contributed by atoms with van der Waals surface area (Å²) < 4.78 is 0. The molecule has 0 bridgehead atoms. The van der Waals surface area contributed by atoms with Gasteiger partial charge in [-0.05, 0) is 37.0 Å². The Labute approximate surface area is 158 Å². The van der Waals surface area contributed by atoms with Crippen LogP contribution in [0.15, 0.2) is 54.7 Å². The smallest absolute Gasteiger partial charge is 0.308 e. The molecule has 0 saturated heterocycles. The number of fused-ring (bicyclic) bond motifs is 1. The fourth-order valence-corrected chi connectivity index (χ4v) is 3.28. The van der Waals surface area contributed by atoms with Gasteiger partial charge in [-0.3, -0.25) is 9.59 Å². The molecule has 1 aromatic heterocycles. The number of nitrogens with one attached hydrogen (secondary N) is 2. The Morgan fingerprint density at radius 3 is 2.74 bits per heavy atom. The molecule has 0 spiro atoms. The lowest BCUT2D eigenvalue weighted by atomic mass is 9.98. The second kappa shape index (κ2) is 8.54. The molecule has 3 N–H and O–H groups in total. The van der Waals surface area contributed by atoms with E-state index >= 15 is 0 Å². The van der Waals surface area contributed by atoms with Gasteiger partial charge in [0.05, 0.1) is 5.92 Å². The van der Waals surface area contributed by atoms with Crippen LogP contribution in [0.4, 0.5) is 0 Å². The molecule has 5 heteroatoms. The van der Waals surface area contributed by atoms with E-state index in [4.69, 9.17) is 0 Å². The van der Waals surface area contributed by atoms with Crippen molar-refractivity contribution in [2.75, 3.05) is 6.54 Å². The lowest BCUT2D eigenvalue weighted by Gasteiger charge is -2.14. The maximum Gasteiger partial charge on any atom is 0.308 e. The van der Waals surface area contributed by atoms with E-state index in [2.05, 4.69) is 10.3 Å². The number of carboxylic acids is 1. The van der Waals surface area contributed by atoms with Crippen molar-refractivity contribution in [3.63, 3.8) is 0 Å². The van der Waals surface area contributed by atoms with E-state index in [1.54, 1.807) is 0 Å². The van der Waals surface area contributed by atoms with E-state index in [0.29, 0.717) is 19.3 Å². The zero-order valence-corrected chi connectivity index (χ0v) is 15.4. The molecule has 27 heavy (non-hydrogen) atoms. The lowest BCUT2D eigenvalue weighted by molar-refractivity contribution is -0.141. The summed E-state index contributed by atoms with van der Waals surface area (Å²) in [6.45, 7) is 2.11. The highest BCUT2D eigenvalue weighted by Crippen LogP contribution is 2.19. The predicted molar refractivity (Wildman–Crippen MR) is 106 cm³/mol. The van der Waals surface area contributed by atoms with Gasteiger partial charge in [0.2, 0.25) is 5.91 Å². The van der Waals surface area contributed by atoms with Gasteiger partial charge in [0.1, 0.15) is 0 Å². The van der Waals surface area contributed by atoms with Gasteiger partial charge in [-0.1, -0.05) is 48.0 Å². The number of rotatable bonds is 8. The number of hydrogen-bond donors (Lipinski definition) is 3. The molecule has 0 saturated carbocycles. The fraction of sp³-hybridized carbons (Fsp3) is 0.273. The van der Waals surface area contributed by atoms with E-state index in [1.165, 1.54) is 0 Å². The van der Waals surface area contributed by atoms with E-state index in [-0.39, 0.29) is 12.5 Å². The van der Waals surface area contributed by atoms with Crippen LogP contribution in [0.1, 0.15) is 23.1 Å². The maximum atomic E-state index is 12.2. The monoisotopic (exact) mass is 364 g/mol. The largest absolute Gasteiger partial charge is 0.481 e. The highest BCUT2D eigenvalue weighted by Gasteiger charge is 2.19. The summed E-state index contributed by atoms with van der Waals surface area (Å²) in [6, 6.07) is 15.8. The Morgan fingerprint density at radius 1 is 1.15 bits per heavy atom. The molecular weight excluding hydrogens is 340 g/mol. The van der Waals surface area contributed by atoms with Crippen LogP contribution in [0.2, 0.25) is 0 Å². The number of carbonyl (C=O) groups is 2. The summed E-state index contributed by atoms with van der Waals surface area (Å²) in [5.74, 6) is -1.66. The minimum absolute atomic E-state index is 0.129. The van der Waals surface area contributed by atoms with Crippen LogP contribution in [0, 0.1) is 12.8 Å². The first-order valence-electron chi connectivity index (χ1n) is 9.13. The molecule has 2 aromatic carbocycles. The van der Waals surface area contributed by atoms with Gasteiger partial charge < -0.3 is 15.4 Å². The van der Waals surface area contributed by atoms with Crippen LogP contribution in [0.5, 0.6) is 0 Å². The first kappa shape index (κ1) is 18.7. The van der Waals surface area contributed by atoms with Gasteiger partial charge in [-0.25, -0.2) is 0 Å². The molecule has 1 heterocycles. The number of hydrogen-bond acceptors (Lipinski definition) is 2. The number of aromatic amines is 1. The summed E-state index contributed by atoms with van der Waals surface area (Å²) in [5, 5.41) is 13.4. The summed E-state index contributed by atoms with van der Waals surface area (Å²) in [7, 11) is 0. The van der Waals surface area contributed by atoms with Crippen molar-refractivity contribution in [3.8, 4) is 0 Å². The van der Waals surface area contributed by atoms with Crippen LogP contribution in [0.3, 0.4) is 0 Å². The number of carbonyl (C=O) groups excluding carboxylic acids is 1. The standard InChI is InChI=1S/C22H24N2O3/c1-15-5-4-6-16(11-15)12-18(22(26)27)14-24-21(25)10-9-17-13-23-20-8-3-2-7-19(17)20/h2-8,11,13,18,23H,9-10,12,14H2,1H3,(H,24,25)(H,26,27). The quantitative estimate of drug-likeness (QED) is 0.572. The van der Waals surface area contributed by atoms with Crippen LogP contribution in [-0.2, 0) is 22.4 Å². The molecule has 3 rings (SSSR count). The van der Waals surface area contributed by atoms with Crippen molar-refractivity contribution in [1.29, 1.82) is 0 Å². The van der Waals surface area contributed by atoms with Crippen molar-refractivity contribution in [2.24, 2.45) is 5.92 Å². The summed E-state index contributed by atoms with van der Waals surface area (Å²) >= 11 is 0. The summed E-state index contributed by atoms with van der Waals surface area (Å²) in [4.78, 5) is 26.9. The van der Waals surface area contributed by atoms with Gasteiger partial charge in [-0.15, -0.1) is 0 Å². The summed E-state index contributed by atoms with van der Waals surface area (Å²) in [5.41, 5.74) is 4.21. The minimum Gasteiger partial charge on any atom is -0.481 e. The molecule has 0 fully saturated rings. The third-order valence-electron chi connectivity index (χ3n) is 4.76. The normalized spacial score (nSPS) is 12.0. The number of aromatic nitrogens is 1. The van der Waals surface area contributed by atoms with Gasteiger partial charge in [-0.2, -0.15) is 0 Å². The van der Waals surface area contributed by atoms with Gasteiger partial charge in [0, 0.05) is 30.1 Å². The Bertz CT molecular complexity index is 945. The molecule has 0 aliphatic rings. The average Bonchev–Trinajstić information content (AvgIpc) is 3.06. The number of aryl methyl sites for hydroxylation is 2. The zero-order valence-electron chi connectivity index (χ0n) is 15.4. The zero-order chi connectivity index (χ0) is 19.2. The lowest BCUT2D eigenvalue weighted by Crippen LogP contribution is -2.34. The van der Waals surface area contributed by atoms with Crippen LogP contribution < -0.4 is 5.32 Å². The first-order valence-corrected chi connectivity index (χ1v) is 9.13. The number of aliphatic carboxylic acids is 1. The minimum atomic E-state index is -0.895. The Hall–Kier alpha value is -3.08. The molecule has 1 atom stereocenters. The van der Waals surface area contributed by atoms with Gasteiger partial charge in [0.25, 0.3) is 0 Å². The van der Waals surface area contributed by atoms with Crippen LogP contribution in [-0.4, -0.2) is 28.5 Å². The number of benzene rings is 2. The van der Waals surface area contributed by atoms with Gasteiger partial charge in [0.15, 0.2) is 0 Å². The van der Waals surface area contributed by atoms with Gasteiger partial charge >= 0.3 is 5.97 Å². The number of amides is 1. The molecule has 5 nitrogen and oxygen atoms in total. The maximum absolute atomic E-state index is 12.2. The molecule has 0 aliphatic heterocycles. The topological polar surface area (TPSA) is 82.2 Å². The molecule has 0 radical (unpaired) electrons. The van der Waals surface area contributed by atoms with Crippen molar-refractivity contribution in [3.05, 3.63) is 71.4 Å². The van der Waals surface area contributed by atoms with Crippen molar-refractivity contribution in [1.82, 2.24) is 10.3 Å². The van der Waals surface area contributed by atoms with Crippen LogP contribution in [0.25, 0.3) is 10.9 Å². The van der Waals surface area contributed by atoms with E-state index in [0.717, 1.165) is 27.6 Å². The summed E-state index contributed by atoms with van der Waals surface area (Å²) in [6.07, 6.45) is 3.28. The highest BCUT2D eigenvalue weighted by molar-refractivity contribution is 5.84.